The van der Waals surface area contributed by atoms with Gasteiger partial charge >= 0.3 is 0 Å². The lowest BCUT2D eigenvalue weighted by Crippen LogP contribution is -2.43. The summed E-state index contributed by atoms with van der Waals surface area (Å²) in [5.74, 6) is 0.102. The molecule has 2 aliphatic carbocycles. The lowest BCUT2D eigenvalue weighted by molar-refractivity contribution is -0.138. The van der Waals surface area contributed by atoms with Crippen LogP contribution < -0.4 is 0 Å². The number of nitrogens with zero attached hydrogens (tertiary/aromatic N) is 3. The van der Waals surface area contributed by atoms with Crippen LogP contribution in [0.25, 0.3) is 11.8 Å². The van der Waals surface area contributed by atoms with E-state index in [1.165, 1.54) is 17.7 Å². The molecule has 0 radical (unpaired) electrons. The molecular weight excluding hydrogens is 365 g/mol. The van der Waals surface area contributed by atoms with Crippen LogP contribution in [0.2, 0.25) is 0 Å². The van der Waals surface area contributed by atoms with Gasteiger partial charge in [-0.3, -0.25) is 4.79 Å². The molecule has 154 valence electrons. The van der Waals surface area contributed by atoms with Crippen molar-refractivity contribution in [2.45, 2.75) is 52.9 Å². The van der Waals surface area contributed by atoms with E-state index >= 15 is 0 Å². The molecule has 2 aliphatic rings. The van der Waals surface area contributed by atoms with Gasteiger partial charge in [0, 0.05) is 24.4 Å². The summed E-state index contributed by atoms with van der Waals surface area (Å²) in [5, 5.41) is 4.57. The molecule has 0 spiro atoms. The number of fused-ring (bicyclic) bond motifs is 2. The second kappa shape index (κ2) is 7.77. The predicted molar refractivity (Wildman–Crippen MR) is 113 cm³/mol. The molecule has 1 heterocycles. The lowest BCUT2D eigenvalue weighted by Gasteiger charge is -2.37. The molecule has 1 saturated carbocycles. The van der Waals surface area contributed by atoms with E-state index in [4.69, 9.17) is 0 Å². The van der Waals surface area contributed by atoms with Crippen molar-refractivity contribution >= 4 is 12.0 Å². The number of aromatic nitrogens is 2. The first kappa shape index (κ1) is 19.9. The number of carbonyl (C=O) groups excluding carboxylic acids is 1. The standard InChI is InChI=1S/C24H30FN3O/c1-4-12-27(13-5-2)23(29)21-11-6-18-14-22-17(15-24(18,21)3)16-26-28(22)20-9-7-19(25)8-10-20/h7-10,14,16,21H,4-6,11-13,15H2,1-3H3/t21-,24?/m1/s1. The minimum atomic E-state index is -0.249. The van der Waals surface area contributed by atoms with Crippen molar-refractivity contribution in [2.24, 2.45) is 11.3 Å². The molecular formula is C24H30FN3O. The Bertz CT molecular complexity index is 924. The van der Waals surface area contributed by atoms with Gasteiger partial charge in [-0.25, -0.2) is 9.07 Å². The number of hydrogen-bond donors (Lipinski definition) is 0. The number of halogens is 1. The first-order valence-corrected chi connectivity index (χ1v) is 10.8. The van der Waals surface area contributed by atoms with Crippen molar-refractivity contribution in [3.63, 3.8) is 0 Å². The number of benzene rings is 1. The molecule has 29 heavy (non-hydrogen) atoms. The van der Waals surface area contributed by atoms with Crippen molar-refractivity contribution in [1.29, 1.82) is 0 Å². The Morgan fingerprint density at radius 3 is 2.59 bits per heavy atom. The second-order valence-electron chi connectivity index (χ2n) is 8.62. The third kappa shape index (κ3) is 3.41. The van der Waals surface area contributed by atoms with Gasteiger partial charge in [-0.15, -0.1) is 0 Å². The molecule has 1 amide bonds. The summed E-state index contributed by atoms with van der Waals surface area (Å²) >= 11 is 0. The fraction of sp³-hybridized carbons (Fsp3) is 0.500. The number of amides is 1. The van der Waals surface area contributed by atoms with E-state index in [0.717, 1.165) is 62.1 Å². The molecule has 1 aromatic carbocycles. The highest BCUT2D eigenvalue weighted by Gasteiger charge is 2.49. The number of allylic oxidation sites excluding steroid dienone is 1. The zero-order valence-corrected chi connectivity index (χ0v) is 17.6. The maximum absolute atomic E-state index is 13.4. The van der Waals surface area contributed by atoms with Crippen LogP contribution in [0.4, 0.5) is 4.39 Å². The first-order chi connectivity index (χ1) is 14.0. The fourth-order valence-corrected chi connectivity index (χ4v) is 5.12. The molecule has 2 aromatic rings. The predicted octanol–water partition coefficient (Wildman–Crippen LogP) is 5.02. The Labute approximate surface area is 172 Å². The lowest BCUT2D eigenvalue weighted by atomic mass is 9.69. The van der Waals surface area contributed by atoms with E-state index in [9.17, 15) is 9.18 Å². The highest BCUT2D eigenvalue weighted by atomic mass is 19.1. The van der Waals surface area contributed by atoms with Gasteiger partial charge in [0.05, 0.1) is 17.6 Å². The van der Waals surface area contributed by atoms with E-state index in [1.807, 2.05) is 10.9 Å². The Morgan fingerprint density at radius 1 is 1.24 bits per heavy atom. The summed E-state index contributed by atoms with van der Waals surface area (Å²) in [6.45, 7) is 8.20. The van der Waals surface area contributed by atoms with Gasteiger partial charge in [-0.1, -0.05) is 26.3 Å². The molecule has 1 aromatic heterocycles. The average molecular weight is 396 g/mol. The zero-order chi connectivity index (χ0) is 20.6. The van der Waals surface area contributed by atoms with E-state index in [2.05, 4.69) is 36.8 Å². The van der Waals surface area contributed by atoms with Gasteiger partial charge in [0.15, 0.2) is 0 Å². The number of hydrogen-bond acceptors (Lipinski definition) is 2. The monoisotopic (exact) mass is 395 g/mol. The van der Waals surface area contributed by atoms with Gasteiger partial charge in [-0.05, 0) is 68.0 Å². The summed E-state index contributed by atoms with van der Waals surface area (Å²) in [5.41, 5.74) is 4.30. The van der Waals surface area contributed by atoms with E-state index in [-0.39, 0.29) is 17.2 Å². The van der Waals surface area contributed by atoms with E-state index in [0.29, 0.717) is 5.91 Å². The SMILES string of the molecule is CCCN(CCC)C(=O)[C@H]1CCC2=Cc3c(cnn3-c3ccc(F)cc3)CC21C. The molecule has 5 heteroatoms. The van der Waals surface area contributed by atoms with Crippen LogP contribution in [-0.2, 0) is 11.2 Å². The molecule has 0 N–H and O–H groups in total. The minimum absolute atomic E-state index is 0.0363. The van der Waals surface area contributed by atoms with Crippen LogP contribution >= 0.6 is 0 Å². The third-order valence-corrected chi connectivity index (χ3v) is 6.63. The Kier molecular flexibility index (Phi) is 5.32. The Hall–Kier alpha value is -2.43. The summed E-state index contributed by atoms with van der Waals surface area (Å²) in [4.78, 5) is 15.5. The first-order valence-electron chi connectivity index (χ1n) is 10.8. The van der Waals surface area contributed by atoms with Crippen molar-refractivity contribution < 1.29 is 9.18 Å². The van der Waals surface area contributed by atoms with Crippen LogP contribution in [0, 0.1) is 17.2 Å². The Balaban J connectivity index is 1.65. The van der Waals surface area contributed by atoms with Gasteiger partial charge < -0.3 is 4.90 Å². The topological polar surface area (TPSA) is 38.1 Å². The summed E-state index contributed by atoms with van der Waals surface area (Å²) < 4.78 is 15.2. The van der Waals surface area contributed by atoms with Gasteiger partial charge in [0.1, 0.15) is 5.82 Å². The van der Waals surface area contributed by atoms with Crippen LogP contribution in [0.3, 0.4) is 0 Å². The normalized spacial score (nSPS) is 22.8. The van der Waals surface area contributed by atoms with Crippen molar-refractivity contribution in [3.05, 3.63) is 53.1 Å². The molecule has 0 bridgehead atoms. The minimum Gasteiger partial charge on any atom is -0.342 e. The molecule has 4 nitrogen and oxygen atoms in total. The maximum Gasteiger partial charge on any atom is 0.226 e. The van der Waals surface area contributed by atoms with Crippen LogP contribution in [0.1, 0.15) is 57.7 Å². The molecule has 0 saturated heterocycles. The van der Waals surface area contributed by atoms with Gasteiger partial charge in [0.25, 0.3) is 0 Å². The summed E-state index contributed by atoms with van der Waals surface area (Å²) in [6, 6.07) is 6.43. The van der Waals surface area contributed by atoms with E-state index < -0.39 is 0 Å². The maximum atomic E-state index is 13.4. The quantitative estimate of drug-likeness (QED) is 0.689. The smallest absolute Gasteiger partial charge is 0.226 e. The number of carbonyl (C=O) groups is 1. The van der Waals surface area contributed by atoms with Crippen molar-refractivity contribution in [1.82, 2.24) is 14.7 Å². The molecule has 0 aliphatic heterocycles. The van der Waals surface area contributed by atoms with Gasteiger partial charge in [0.2, 0.25) is 5.91 Å². The molecule has 1 fully saturated rings. The summed E-state index contributed by atoms with van der Waals surface area (Å²) in [6.07, 6.45) is 8.82. The van der Waals surface area contributed by atoms with E-state index in [1.54, 1.807) is 12.1 Å². The van der Waals surface area contributed by atoms with Crippen molar-refractivity contribution in [2.75, 3.05) is 13.1 Å². The number of rotatable bonds is 6. The second-order valence-corrected chi connectivity index (χ2v) is 8.62. The zero-order valence-electron chi connectivity index (χ0n) is 17.6. The average Bonchev–Trinajstić information content (AvgIpc) is 3.25. The Morgan fingerprint density at radius 2 is 1.93 bits per heavy atom. The van der Waals surface area contributed by atoms with Gasteiger partial charge in [-0.2, -0.15) is 5.10 Å². The molecule has 4 rings (SSSR count). The summed E-state index contributed by atoms with van der Waals surface area (Å²) in [7, 11) is 0. The highest BCUT2D eigenvalue weighted by Crippen LogP contribution is 2.53. The molecule has 2 atom stereocenters. The van der Waals surface area contributed by atoms with Crippen LogP contribution in [0.5, 0.6) is 0 Å². The van der Waals surface area contributed by atoms with Crippen LogP contribution in [-0.4, -0.2) is 33.7 Å². The largest absolute Gasteiger partial charge is 0.342 e. The van der Waals surface area contributed by atoms with Crippen LogP contribution in [0.15, 0.2) is 36.0 Å². The molecule has 1 unspecified atom stereocenters. The third-order valence-electron chi connectivity index (χ3n) is 6.63. The highest BCUT2D eigenvalue weighted by molar-refractivity contribution is 5.82. The fourth-order valence-electron chi connectivity index (χ4n) is 5.12. The van der Waals surface area contributed by atoms with Crippen molar-refractivity contribution in [3.8, 4) is 5.69 Å².